The van der Waals surface area contributed by atoms with Gasteiger partial charge in [0.2, 0.25) is 0 Å². The maximum Gasteiger partial charge on any atom is 0.119 e. The third-order valence-electron chi connectivity index (χ3n) is 2.90. The summed E-state index contributed by atoms with van der Waals surface area (Å²) in [6.45, 7) is 6.61. The molecule has 0 aliphatic heterocycles. The first kappa shape index (κ1) is 13.6. The van der Waals surface area contributed by atoms with Gasteiger partial charge in [0.05, 0.1) is 12.0 Å². The van der Waals surface area contributed by atoms with Gasteiger partial charge in [-0.1, -0.05) is 18.2 Å². The van der Waals surface area contributed by atoms with Crippen molar-refractivity contribution in [2.24, 2.45) is 0 Å². The lowest BCUT2D eigenvalue weighted by atomic mass is 10.3. The predicted molar refractivity (Wildman–Crippen MR) is 76.3 cm³/mol. The minimum atomic E-state index is 0.444. The van der Waals surface area contributed by atoms with Gasteiger partial charge in [-0.2, -0.15) is 0 Å². The summed E-state index contributed by atoms with van der Waals surface area (Å²) in [5.41, 5.74) is 1.20. The van der Waals surface area contributed by atoms with E-state index in [-0.39, 0.29) is 0 Å². The SMILES string of the molecule is CC(C)n1cncc1CNCCOc1ccccc1. The van der Waals surface area contributed by atoms with Gasteiger partial charge in [-0.3, -0.25) is 0 Å². The molecule has 1 aromatic carbocycles. The highest BCUT2D eigenvalue weighted by Crippen LogP contribution is 2.09. The second kappa shape index (κ2) is 6.95. The summed E-state index contributed by atoms with van der Waals surface area (Å²) in [5.74, 6) is 0.913. The summed E-state index contributed by atoms with van der Waals surface area (Å²) < 4.78 is 7.79. The Labute approximate surface area is 114 Å². The van der Waals surface area contributed by atoms with Gasteiger partial charge < -0.3 is 14.6 Å². The Bertz CT molecular complexity index is 479. The summed E-state index contributed by atoms with van der Waals surface area (Å²) >= 11 is 0. The second-order valence-corrected chi connectivity index (χ2v) is 4.72. The molecule has 4 nitrogen and oxygen atoms in total. The van der Waals surface area contributed by atoms with Crippen molar-refractivity contribution < 1.29 is 4.74 Å². The number of benzene rings is 1. The molecule has 0 aliphatic carbocycles. The molecule has 0 spiro atoms. The highest BCUT2D eigenvalue weighted by Gasteiger charge is 2.04. The van der Waals surface area contributed by atoms with Gasteiger partial charge in [0, 0.05) is 25.3 Å². The quantitative estimate of drug-likeness (QED) is 0.777. The number of hydrogen-bond donors (Lipinski definition) is 1. The smallest absolute Gasteiger partial charge is 0.119 e. The molecular weight excluding hydrogens is 238 g/mol. The molecule has 0 unspecified atom stereocenters. The third kappa shape index (κ3) is 4.10. The van der Waals surface area contributed by atoms with Crippen LogP contribution < -0.4 is 10.1 Å². The molecule has 1 N–H and O–H groups in total. The lowest BCUT2D eigenvalue weighted by Gasteiger charge is -2.12. The first-order chi connectivity index (χ1) is 9.27. The molecule has 0 amide bonds. The van der Waals surface area contributed by atoms with Crippen LogP contribution in [0.3, 0.4) is 0 Å². The van der Waals surface area contributed by atoms with E-state index in [4.69, 9.17) is 4.74 Å². The van der Waals surface area contributed by atoms with Gasteiger partial charge in [-0.25, -0.2) is 4.98 Å². The van der Waals surface area contributed by atoms with Crippen molar-refractivity contribution >= 4 is 0 Å². The summed E-state index contributed by atoms with van der Waals surface area (Å²) in [6, 6.07) is 10.3. The number of aromatic nitrogens is 2. The third-order valence-corrected chi connectivity index (χ3v) is 2.90. The maximum atomic E-state index is 5.62. The molecule has 0 bridgehead atoms. The molecule has 0 radical (unpaired) electrons. The predicted octanol–water partition coefficient (Wildman–Crippen LogP) is 2.63. The highest BCUT2D eigenvalue weighted by atomic mass is 16.5. The number of para-hydroxylation sites is 1. The van der Waals surface area contributed by atoms with Gasteiger partial charge in [0.1, 0.15) is 12.4 Å². The standard InChI is InChI=1S/C15H21N3O/c1-13(2)18-12-17-11-14(18)10-16-8-9-19-15-6-4-3-5-7-15/h3-7,11-13,16H,8-10H2,1-2H3. The van der Waals surface area contributed by atoms with E-state index in [1.54, 1.807) is 0 Å². The van der Waals surface area contributed by atoms with Gasteiger partial charge in [-0.15, -0.1) is 0 Å². The average Bonchev–Trinajstić information content (AvgIpc) is 2.88. The van der Waals surface area contributed by atoms with Crippen LogP contribution in [0.15, 0.2) is 42.9 Å². The molecule has 2 aromatic rings. The molecule has 0 saturated carbocycles. The molecular formula is C15H21N3O. The van der Waals surface area contributed by atoms with Crippen LogP contribution in [-0.4, -0.2) is 22.7 Å². The van der Waals surface area contributed by atoms with Crippen molar-refractivity contribution in [2.75, 3.05) is 13.2 Å². The average molecular weight is 259 g/mol. The number of hydrogen-bond acceptors (Lipinski definition) is 3. The number of imidazole rings is 1. The minimum absolute atomic E-state index is 0.444. The van der Waals surface area contributed by atoms with Crippen molar-refractivity contribution in [1.82, 2.24) is 14.9 Å². The Balaban J connectivity index is 1.68. The monoisotopic (exact) mass is 259 g/mol. The summed E-state index contributed by atoms with van der Waals surface area (Å²) in [7, 11) is 0. The zero-order chi connectivity index (χ0) is 13.5. The van der Waals surface area contributed by atoms with E-state index in [0.29, 0.717) is 12.6 Å². The van der Waals surface area contributed by atoms with Gasteiger partial charge >= 0.3 is 0 Å². The number of nitrogens with one attached hydrogen (secondary N) is 1. The van der Waals surface area contributed by atoms with Crippen molar-refractivity contribution in [1.29, 1.82) is 0 Å². The van der Waals surface area contributed by atoms with Gasteiger partial charge in [0.15, 0.2) is 0 Å². The van der Waals surface area contributed by atoms with E-state index in [1.807, 2.05) is 42.9 Å². The first-order valence-corrected chi connectivity index (χ1v) is 6.66. The molecule has 2 rings (SSSR count). The van der Waals surface area contributed by atoms with Crippen molar-refractivity contribution in [3.05, 3.63) is 48.5 Å². The number of nitrogens with zero attached hydrogens (tertiary/aromatic N) is 2. The largest absolute Gasteiger partial charge is 0.492 e. The molecule has 1 heterocycles. The fourth-order valence-corrected chi connectivity index (χ4v) is 1.91. The summed E-state index contributed by atoms with van der Waals surface area (Å²) in [4.78, 5) is 4.18. The van der Waals surface area contributed by atoms with Gasteiger partial charge in [-0.05, 0) is 26.0 Å². The molecule has 0 aliphatic rings. The van der Waals surface area contributed by atoms with E-state index < -0.39 is 0 Å². The van der Waals surface area contributed by atoms with E-state index in [1.165, 1.54) is 5.69 Å². The Morgan fingerprint density at radius 3 is 2.79 bits per heavy atom. The molecule has 19 heavy (non-hydrogen) atoms. The maximum absolute atomic E-state index is 5.62. The topological polar surface area (TPSA) is 39.1 Å². The van der Waals surface area contributed by atoms with Crippen LogP contribution in [0.5, 0.6) is 5.75 Å². The Kier molecular flexibility index (Phi) is 4.98. The highest BCUT2D eigenvalue weighted by molar-refractivity contribution is 5.20. The van der Waals surface area contributed by atoms with Crippen LogP contribution in [0.2, 0.25) is 0 Å². The van der Waals surface area contributed by atoms with E-state index in [9.17, 15) is 0 Å². The van der Waals surface area contributed by atoms with E-state index in [2.05, 4.69) is 28.7 Å². The lowest BCUT2D eigenvalue weighted by Crippen LogP contribution is -2.22. The minimum Gasteiger partial charge on any atom is -0.492 e. The van der Waals surface area contributed by atoms with Crippen molar-refractivity contribution in [3.63, 3.8) is 0 Å². The van der Waals surface area contributed by atoms with Crippen molar-refractivity contribution in [3.8, 4) is 5.75 Å². The van der Waals surface area contributed by atoms with Crippen LogP contribution in [-0.2, 0) is 6.54 Å². The van der Waals surface area contributed by atoms with Crippen LogP contribution in [0.1, 0.15) is 25.6 Å². The van der Waals surface area contributed by atoms with Crippen molar-refractivity contribution in [2.45, 2.75) is 26.4 Å². The Hall–Kier alpha value is -1.81. The molecule has 0 saturated heterocycles. The molecule has 0 fully saturated rings. The van der Waals surface area contributed by atoms with Crippen LogP contribution in [0.4, 0.5) is 0 Å². The summed E-state index contributed by atoms with van der Waals surface area (Å²) in [6.07, 6.45) is 3.78. The Morgan fingerprint density at radius 2 is 2.05 bits per heavy atom. The normalized spacial score (nSPS) is 10.9. The molecule has 0 atom stereocenters. The number of rotatable bonds is 7. The van der Waals surface area contributed by atoms with Crippen LogP contribution in [0.25, 0.3) is 0 Å². The van der Waals surface area contributed by atoms with Crippen LogP contribution >= 0.6 is 0 Å². The molecule has 4 heteroatoms. The van der Waals surface area contributed by atoms with Crippen LogP contribution in [0, 0.1) is 0 Å². The zero-order valence-corrected chi connectivity index (χ0v) is 11.5. The lowest BCUT2D eigenvalue weighted by molar-refractivity contribution is 0.313. The summed E-state index contributed by atoms with van der Waals surface area (Å²) in [5, 5.41) is 3.37. The fourth-order valence-electron chi connectivity index (χ4n) is 1.91. The zero-order valence-electron chi connectivity index (χ0n) is 11.5. The molecule has 102 valence electrons. The Morgan fingerprint density at radius 1 is 1.26 bits per heavy atom. The number of ether oxygens (including phenoxy) is 1. The van der Waals surface area contributed by atoms with E-state index >= 15 is 0 Å². The van der Waals surface area contributed by atoms with E-state index in [0.717, 1.165) is 18.8 Å². The fraction of sp³-hybridized carbons (Fsp3) is 0.400. The first-order valence-electron chi connectivity index (χ1n) is 6.66. The van der Waals surface area contributed by atoms with Gasteiger partial charge in [0.25, 0.3) is 0 Å². The molecule has 1 aromatic heterocycles. The second-order valence-electron chi connectivity index (χ2n) is 4.72.